The lowest BCUT2D eigenvalue weighted by Gasteiger charge is -2.28. The molecule has 0 amide bonds. The smallest absolute Gasteiger partial charge is 0.227 e. The van der Waals surface area contributed by atoms with Crippen molar-refractivity contribution in [3.05, 3.63) is 54.6 Å². The van der Waals surface area contributed by atoms with Crippen LogP contribution in [0.3, 0.4) is 0 Å². The van der Waals surface area contributed by atoms with Crippen LogP contribution in [0.2, 0.25) is 0 Å². The van der Waals surface area contributed by atoms with Crippen molar-refractivity contribution in [2.45, 2.75) is 12.6 Å². The Labute approximate surface area is 185 Å². The molecular weight excluding hydrogens is 414 g/mol. The molecule has 0 spiro atoms. The molecule has 9 heteroatoms. The molecular formula is C23H24F2N6O. The van der Waals surface area contributed by atoms with Crippen LogP contribution in [0.5, 0.6) is 0 Å². The third-order valence-corrected chi connectivity index (χ3v) is 5.73. The number of nitrogens with one attached hydrogen (secondary N) is 1. The lowest BCUT2D eigenvalue weighted by atomic mass is 10.2. The van der Waals surface area contributed by atoms with Gasteiger partial charge in [-0.25, -0.2) is 18.7 Å². The van der Waals surface area contributed by atoms with E-state index in [1.807, 2.05) is 35.2 Å². The summed E-state index contributed by atoms with van der Waals surface area (Å²) in [5, 5.41) is 3.12. The Hall–Kier alpha value is -3.33. The van der Waals surface area contributed by atoms with Gasteiger partial charge in [0, 0.05) is 37.6 Å². The first-order valence-corrected chi connectivity index (χ1v) is 10.7. The largest absolute Gasteiger partial charge is 0.378 e. The van der Waals surface area contributed by atoms with E-state index in [4.69, 9.17) is 4.74 Å². The van der Waals surface area contributed by atoms with E-state index in [2.05, 4.69) is 25.2 Å². The van der Waals surface area contributed by atoms with E-state index in [-0.39, 0.29) is 11.6 Å². The van der Waals surface area contributed by atoms with Crippen LogP contribution in [-0.4, -0.2) is 60.5 Å². The summed E-state index contributed by atoms with van der Waals surface area (Å²) in [5.74, 6) is -0.269. The Balaban J connectivity index is 1.30. The highest BCUT2D eigenvalue weighted by molar-refractivity contribution is 5.63. The van der Waals surface area contributed by atoms with E-state index in [1.165, 1.54) is 0 Å². The summed E-state index contributed by atoms with van der Waals surface area (Å²) in [4.78, 5) is 16.9. The molecule has 2 saturated heterocycles. The number of hydrogen-bond donors (Lipinski definition) is 1. The van der Waals surface area contributed by atoms with Crippen molar-refractivity contribution in [1.29, 1.82) is 0 Å². The van der Waals surface area contributed by atoms with Crippen molar-refractivity contribution in [2.75, 3.05) is 54.5 Å². The van der Waals surface area contributed by atoms with Gasteiger partial charge in [0.25, 0.3) is 0 Å². The monoisotopic (exact) mass is 438 g/mol. The van der Waals surface area contributed by atoms with Crippen molar-refractivity contribution in [1.82, 2.24) is 15.0 Å². The van der Waals surface area contributed by atoms with Crippen LogP contribution >= 0.6 is 0 Å². The SMILES string of the molecule is Fc1cnc(Nc2ccc(N3CCOCC3)cc2)nc1-c1ccc(N2CC[C@H](F)C2)cn1. The van der Waals surface area contributed by atoms with E-state index < -0.39 is 12.0 Å². The topological polar surface area (TPSA) is 66.4 Å². The molecule has 2 fully saturated rings. The highest BCUT2D eigenvalue weighted by atomic mass is 19.1. The second-order valence-corrected chi connectivity index (χ2v) is 7.90. The van der Waals surface area contributed by atoms with Gasteiger partial charge in [-0.05, 0) is 42.8 Å². The van der Waals surface area contributed by atoms with E-state index >= 15 is 0 Å². The van der Waals surface area contributed by atoms with Gasteiger partial charge in [0.2, 0.25) is 5.95 Å². The number of alkyl halides is 1. The number of anilines is 4. The van der Waals surface area contributed by atoms with Crippen LogP contribution in [0.4, 0.5) is 31.8 Å². The molecule has 5 rings (SSSR count). The molecule has 32 heavy (non-hydrogen) atoms. The van der Waals surface area contributed by atoms with E-state index in [0.717, 1.165) is 49.6 Å². The second kappa shape index (κ2) is 9.04. The number of hydrogen-bond acceptors (Lipinski definition) is 7. The molecule has 0 radical (unpaired) electrons. The number of benzene rings is 1. The Kier molecular flexibility index (Phi) is 5.81. The summed E-state index contributed by atoms with van der Waals surface area (Å²) in [5.41, 5.74) is 3.26. The van der Waals surface area contributed by atoms with Gasteiger partial charge in [-0.3, -0.25) is 4.98 Å². The maximum atomic E-state index is 14.4. The summed E-state index contributed by atoms with van der Waals surface area (Å²) >= 11 is 0. The minimum atomic E-state index is -0.814. The molecule has 0 saturated carbocycles. The summed E-state index contributed by atoms with van der Waals surface area (Å²) in [6, 6.07) is 11.5. The van der Waals surface area contributed by atoms with Crippen LogP contribution in [0, 0.1) is 5.82 Å². The predicted octanol–water partition coefficient (Wildman–Crippen LogP) is 3.81. The zero-order valence-corrected chi connectivity index (χ0v) is 17.5. The Morgan fingerprint density at radius 3 is 2.38 bits per heavy atom. The number of ether oxygens (including phenoxy) is 1. The third kappa shape index (κ3) is 4.47. The predicted molar refractivity (Wildman–Crippen MR) is 120 cm³/mol. The molecule has 1 N–H and O–H groups in total. The van der Waals surface area contributed by atoms with Crippen LogP contribution in [0.25, 0.3) is 11.4 Å². The summed E-state index contributed by atoms with van der Waals surface area (Å²) in [7, 11) is 0. The molecule has 2 aliphatic heterocycles. The first kappa shape index (κ1) is 20.6. The number of rotatable bonds is 5. The Morgan fingerprint density at radius 2 is 1.69 bits per heavy atom. The lowest BCUT2D eigenvalue weighted by molar-refractivity contribution is 0.122. The van der Waals surface area contributed by atoms with Gasteiger partial charge in [-0.2, -0.15) is 0 Å². The number of aromatic nitrogens is 3. The fourth-order valence-corrected chi connectivity index (χ4v) is 3.98. The van der Waals surface area contributed by atoms with E-state index in [0.29, 0.717) is 25.2 Å². The van der Waals surface area contributed by atoms with Crippen LogP contribution < -0.4 is 15.1 Å². The van der Waals surface area contributed by atoms with Crippen LogP contribution in [0.1, 0.15) is 6.42 Å². The van der Waals surface area contributed by atoms with Gasteiger partial charge < -0.3 is 19.9 Å². The Morgan fingerprint density at radius 1 is 0.906 bits per heavy atom. The molecule has 3 aromatic rings. The first-order valence-electron chi connectivity index (χ1n) is 10.7. The molecule has 0 unspecified atom stereocenters. The summed E-state index contributed by atoms with van der Waals surface area (Å²) in [6.07, 6.45) is 2.47. The van der Waals surface area contributed by atoms with E-state index in [1.54, 1.807) is 12.3 Å². The van der Waals surface area contributed by atoms with E-state index in [9.17, 15) is 8.78 Å². The number of halogens is 2. The number of morpholine rings is 1. The van der Waals surface area contributed by atoms with Crippen molar-refractivity contribution in [2.24, 2.45) is 0 Å². The summed E-state index contributed by atoms with van der Waals surface area (Å²) < 4.78 is 33.3. The highest BCUT2D eigenvalue weighted by Crippen LogP contribution is 2.26. The highest BCUT2D eigenvalue weighted by Gasteiger charge is 2.22. The van der Waals surface area contributed by atoms with Crippen LogP contribution in [-0.2, 0) is 4.74 Å². The molecule has 0 bridgehead atoms. The third-order valence-electron chi connectivity index (χ3n) is 5.73. The molecule has 166 valence electrons. The van der Waals surface area contributed by atoms with Crippen LogP contribution in [0.15, 0.2) is 48.8 Å². The standard InChI is InChI=1S/C23H24F2N6O/c24-16-7-8-31(15-16)19-5-6-21(26-13-19)22-20(25)14-27-23(29-22)28-17-1-3-18(4-2-17)30-9-11-32-12-10-30/h1-6,13-14,16H,7-12,15H2,(H,27,28,29)/t16-/m0/s1. The van der Waals surface area contributed by atoms with Gasteiger partial charge in [0.05, 0.1) is 37.0 Å². The average molecular weight is 438 g/mol. The van der Waals surface area contributed by atoms with Crippen molar-refractivity contribution >= 4 is 23.0 Å². The number of pyridine rings is 1. The molecule has 4 heterocycles. The van der Waals surface area contributed by atoms with Gasteiger partial charge in [0.15, 0.2) is 5.82 Å². The minimum Gasteiger partial charge on any atom is -0.378 e. The van der Waals surface area contributed by atoms with Crippen molar-refractivity contribution in [3.8, 4) is 11.4 Å². The molecule has 7 nitrogen and oxygen atoms in total. The fourth-order valence-electron chi connectivity index (χ4n) is 3.98. The van der Waals surface area contributed by atoms with Crippen molar-refractivity contribution in [3.63, 3.8) is 0 Å². The van der Waals surface area contributed by atoms with Gasteiger partial charge in [0.1, 0.15) is 11.9 Å². The molecule has 1 atom stereocenters. The maximum Gasteiger partial charge on any atom is 0.227 e. The normalized spacial score (nSPS) is 18.8. The molecule has 0 aliphatic carbocycles. The minimum absolute atomic E-state index is 0.115. The fraction of sp³-hybridized carbons (Fsp3) is 0.348. The van der Waals surface area contributed by atoms with Gasteiger partial charge >= 0.3 is 0 Å². The zero-order valence-electron chi connectivity index (χ0n) is 17.5. The summed E-state index contributed by atoms with van der Waals surface area (Å²) in [6.45, 7) is 4.22. The average Bonchev–Trinajstić information content (AvgIpc) is 3.28. The van der Waals surface area contributed by atoms with Crippen molar-refractivity contribution < 1.29 is 13.5 Å². The van der Waals surface area contributed by atoms with Gasteiger partial charge in [-0.15, -0.1) is 0 Å². The molecule has 2 aromatic heterocycles. The lowest BCUT2D eigenvalue weighted by Crippen LogP contribution is -2.36. The molecule has 2 aliphatic rings. The second-order valence-electron chi connectivity index (χ2n) is 7.90. The number of nitrogens with zero attached hydrogens (tertiary/aromatic N) is 5. The van der Waals surface area contributed by atoms with Gasteiger partial charge in [-0.1, -0.05) is 0 Å². The quantitative estimate of drug-likeness (QED) is 0.650. The first-order chi connectivity index (χ1) is 15.7. The maximum absolute atomic E-state index is 14.4. The zero-order chi connectivity index (χ0) is 21.9. The Bertz CT molecular complexity index is 1060. The molecule has 1 aromatic carbocycles.